The number of hydrogen-bond acceptors (Lipinski definition) is 2. The van der Waals surface area contributed by atoms with Crippen LogP contribution in [-0.2, 0) is 11.2 Å². The van der Waals surface area contributed by atoms with E-state index in [9.17, 15) is 9.18 Å². The summed E-state index contributed by atoms with van der Waals surface area (Å²) in [6, 6.07) is 6.76. The van der Waals surface area contributed by atoms with Crippen molar-refractivity contribution in [3.8, 4) is 0 Å². The lowest BCUT2D eigenvalue weighted by molar-refractivity contribution is -0.121. The number of aryl methyl sites for hydroxylation is 1. The fourth-order valence-corrected chi connectivity index (χ4v) is 3.30. The third-order valence-electron chi connectivity index (χ3n) is 4.78. The Morgan fingerprint density at radius 3 is 2.77 bits per heavy atom. The maximum atomic E-state index is 13.2. The van der Waals surface area contributed by atoms with Crippen LogP contribution >= 0.6 is 0 Å². The molecule has 0 spiro atoms. The molecular weight excluding hydrogens is 331 g/mol. The molecule has 1 aliphatic heterocycles. The van der Waals surface area contributed by atoms with E-state index >= 15 is 0 Å². The summed E-state index contributed by atoms with van der Waals surface area (Å²) in [5.74, 6) is 1.35. The van der Waals surface area contributed by atoms with Gasteiger partial charge < -0.3 is 15.5 Å². The Morgan fingerprint density at radius 1 is 1.35 bits per heavy atom. The predicted molar refractivity (Wildman–Crippen MR) is 104 cm³/mol. The van der Waals surface area contributed by atoms with Gasteiger partial charge in [-0.05, 0) is 56.2 Å². The Morgan fingerprint density at radius 2 is 2.12 bits per heavy atom. The van der Waals surface area contributed by atoms with Crippen LogP contribution in [0.4, 0.5) is 4.39 Å². The van der Waals surface area contributed by atoms with Gasteiger partial charge in [-0.3, -0.25) is 9.79 Å². The first-order valence-electron chi connectivity index (χ1n) is 9.60. The Kier molecular flexibility index (Phi) is 8.38. The average molecular weight is 362 g/mol. The molecule has 6 heteroatoms. The van der Waals surface area contributed by atoms with Gasteiger partial charge in [-0.2, -0.15) is 0 Å². The third kappa shape index (κ3) is 6.65. The number of aliphatic imine (C=N–C) groups is 1. The maximum absolute atomic E-state index is 13.2. The smallest absolute Gasteiger partial charge is 0.220 e. The van der Waals surface area contributed by atoms with Crippen LogP contribution in [0.1, 0.15) is 38.2 Å². The van der Waals surface area contributed by atoms with Gasteiger partial charge >= 0.3 is 0 Å². The molecular formula is C20H31FN4O. The van der Waals surface area contributed by atoms with Gasteiger partial charge in [-0.1, -0.05) is 12.1 Å². The second-order valence-corrected chi connectivity index (χ2v) is 6.78. The highest BCUT2D eigenvalue weighted by Gasteiger charge is 2.22. The number of amides is 1. The summed E-state index contributed by atoms with van der Waals surface area (Å²) in [7, 11) is 1.69. The number of nitrogens with one attached hydrogen (secondary N) is 2. The van der Waals surface area contributed by atoms with E-state index in [-0.39, 0.29) is 11.7 Å². The summed E-state index contributed by atoms with van der Waals surface area (Å²) >= 11 is 0. The first-order valence-corrected chi connectivity index (χ1v) is 9.60. The average Bonchev–Trinajstić information content (AvgIpc) is 2.65. The molecule has 0 aromatic heterocycles. The van der Waals surface area contributed by atoms with E-state index in [4.69, 9.17) is 4.99 Å². The van der Waals surface area contributed by atoms with E-state index < -0.39 is 0 Å². The molecule has 0 aliphatic carbocycles. The minimum absolute atomic E-state index is 0.126. The molecule has 1 aliphatic rings. The summed E-state index contributed by atoms with van der Waals surface area (Å²) < 4.78 is 13.2. The van der Waals surface area contributed by atoms with Gasteiger partial charge in [-0.15, -0.1) is 0 Å². The second kappa shape index (κ2) is 10.8. The Balaban J connectivity index is 1.80. The predicted octanol–water partition coefficient (Wildman–Crippen LogP) is 2.57. The third-order valence-corrected chi connectivity index (χ3v) is 4.78. The molecule has 2 rings (SSSR count). The van der Waals surface area contributed by atoms with Crippen molar-refractivity contribution in [1.29, 1.82) is 0 Å². The number of benzene rings is 1. The standard InChI is InChI=1S/C20H31FN4O/c1-3-23-20(24-11-5-7-16-6-4-8-18(21)14-16)25-12-9-17(10-13-25)15-19(26)22-2/h4,6,8,14,17H,3,5,7,9-13,15H2,1-2H3,(H,22,26)(H,23,24). The zero-order valence-corrected chi connectivity index (χ0v) is 15.9. The molecule has 2 N–H and O–H groups in total. The first kappa shape index (κ1) is 20.2. The van der Waals surface area contributed by atoms with Crippen LogP contribution in [0.3, 0.4) is 0 Å². The number of guanidine groups is 1. The molecule has 1 fully saturated rings. The molecule has 1 aromatic rings. The fourth-order valence-electron chi connectivity index (χ4n) is 3.30. The SMILES string of the molecule is CCNC(=NCCCc1cccc(F)c1)N1CCC(CC(=O)NC)CC1. The highest BCUT2D eigenvalue weighted by molar-refractivity contribution is 5.80. The van der Waals surface area contributed by atoms with Crippen molar-refractivity contribution in [1.82, 2.24) is 15.5 Å². The lowest BCUT2D eigenvalue weighted by atomic mass is 9.93. The Hall–Kier alpha value is -2.11. The molecule has 0 unspecified atom stereocenters. The minimum atomic E-state index is -0.182. The molecule has 1 aromatic carbocycles. The van der Waals surface area contributed by atoms with Crippen molar-refractivity contribution in [2.45, 2.75) is 39.0 Å². The topological polar surface area (TPSA) is 56.7 Å². The van der Waals surface area contributed by atoms with Gasteiger partial charge in [0.2, 0.25) is 5.91 Å². The molecule has 1 heterocycles. The quantitative estimate of drug-likeness (QED) is 0.445. The number of rotatable bonds is 7. The number of hydrogen-bond donors (Lipinski definition) is 2. The second-order valence-electron chi connectivity index (χ2n) is 6.78. The highest BCUT2D eigenvalue weighted by atomic mass is 19.1. The monoisotopic (exact) mass is 362 g/mol. The largest absolute Gasteiger partial charge is 0.359 e. The zero-order valence-electron chi connectivity index (χ0n) is 15.9. The summed E-state index contributed by atoms with van der Waals surface area (Å²) in [4.78, 5) is 18.5. The molecule has 1 saturated heterocycles. The summed E-state index contributed by atoms with van der Waals surface area (Å²) in [6.45, 7) is 5.48. The summed E-state index contributed by atoms with van der Waals surface area (Å²) in [6.07, 6.45) is 4.37. The van der Waals surface area contributed by atoms with E-state index in [1.54, 1.807) is 19.2 Å². The van der Waals surface area contributed by atoms with Crippen molar-refractivity contribution in [3.05, 3.63) is 35.6 Å². The molecule has 0 bridgehead atoms. The summed E-state index contributed by atoms with van der Waals surface area (Å²) in [5, 5.41) is 6.07. The zero-order chi connectivity index (χ0) is 18.8. The number of piperidine rings is 1. The first-order chi connectivity index (χ1) is 12.6. The van der Waals surface area contributed by atoms with Crippen LogP contribution < -0.4 is 10.6 Å². The number of nitrogens with zero attached hydrogens (tertiary/aromatic N) is 2. The van der Waals surface area contributed by atoms with Gasteiger partial charge in [0.05, 0.1) is 0 Å². The van der Waals surface area contributed by atoms with Gasteiger partial charge in [0.25, 0.3) is 0 Å². The van der Waals surface area contributed by atoms with E-state index in [0.29, 0.717) is 12.3 Å². The van der Waals surface area contributed by atoms with Crippen LogP contribution in [0.5, 0.6) is 0 Å². The van der Waals surface area contributed by atoms with Gasteiger partial charge in [0.15, 0.2) is 5.96 Å². The molecule has 5 nitrogen and oxygen atoms in total. The van der Waals surface area contributed by atoms with Crippen LogP contribution in [0.2, 0.25) is 0 Å². The van der Waals surface area contributed by atoms with Crippen molar-refractivity contribution in [2.24, 2.45) is 10.9 Å². The van der Waals surface area contributed by atoms with E-state index in [0.717, 1.165) is 63.4 Å². The van der Waals surface area contributed by atoms with E-state index in [1.807, 2.05) is 6.07 Å². The Labute approximate surface area is 156 Å². The molecule has 0 radical (unpaired) electrons. The number of carbonyl (C=O) groups excluding carboxylic acids is 1. The molecule has 26 heavy (non-hydrogen) atoms. The molecule has 144 valence electrons. The molecule has 0 atom stereocenters. The van der Waals surface area contributed by atoms with E-state index in [2.05, 4.69) is 22.5 Å². The van der Waals surface area contributed by atoms with E-state index in [1.165, 1.54) is 6.07 Å². The lowest BCUT2D eigenvalue weighted by Crippen LogP contribution is -2.46. The maximum Gasteiger partial charge on any atom is 0.220 e. The van der Waals surface area contributed by atoms with Crippen molar-refractivity contribution < 1.29 is 9.18 Å². The lowest BCUT2D eigenvalue weighted by Gasteiger charge is -2.34. The number of halogens is 1. The summed E-state index contributed by atoms with van der Waals surface area (Å²) in [5.41, 5.74) is 1.01. The van der Waals surface area contributed by atoms with Crippen LogP contribution in [0, 0.1) is 11.7 Å². The fraction of sp³-hybridized carbons (Fsp3) is 0.600. The number of carbonyl (C=O) groups is 1. The number of likely N-dealkylation sites (tertiary alicyclic amines) is 1. The highest BCUT2D eigenvalue weighted by Crippen LogP contribution is 2.20. The van der Waals surface area contributed by atoms with Gasteiger partial charge in [0.1, 0.15) is 5.82 Å². The van der Waals surface area contributed by atoms with Crippen LogP contribution in [0.15, 0.2) is 29.3 Å². The molecule has 0 saturated carbocycles. The van der Waals surface area contributed by atoms with Crippen LogP contribution in [0.25, 0.3) is 0 Å². The van der Waals surface area contributed by atoms with Crippen molar-refractivity contribution in [2.75, 3.05) is 33.2 Å². The Bertz CT molecular complexity index is 597. The van der Waals surface area contributed by atoms with Gasteiger partial charge in [0, 0.05) is 39.6 Å². The van der Waals surface area contributed by atoms with Crippen molar-refractivity contribution >= 4 is 11.9 Å². The normalized spacial score (nSPS) is 15.8. The molecule has 1 amide bonds. The van der Waals surface area contributed by atoms with Crippen LogP contribution in [-0.4, -0.2) is 50.0 Å². The van der Waals surface area contributed by atoms with Crippen molar-refractivity contribution in [3.63, 3.8) is 0 Å². The minimum Gasteiger partial charge on any atom is -0.359 e. The van der Waals surface area contributed by atoms with Gasteiger partial charge in [-0.25, -0.2) is 4.39 Å².